The number of aromatic nitrogens is 1. The van der Waals surface area contributed by atoms with E-state index in [-0.39, 0.29) is 5.91 Å². The largest absolute Gasteiger partial charge is 0.383 e. The van der Waals surface area contributed by atoms with Gasteiger partial charge in [0.1, 0.15) is 0 Å². The molecule has 0 radical (unpaired) electrons. The number of carbonyl (C=O) groups excluding carboxylic acids is 1. The second kappa shape index (κ2) is 6.54. The summed E-state index contributed by atoms with van der Waals surface area (Å²) in [6, 6.07) is 6.25. The zero-order valence-corrected chi connectivity index (χ0v) is 12.6. The summed E-state index contributed by atoms with van der Waals surface area (Å²) < 4.78 is 5.18. The molecule has 2 atom stereocenters. The molecule has 0 saturated carbocycles. The first-order valence-corrected chi connectivity index (χ1v) is 7.68. The Morgan fingerprint density at radius 2 is 2.33 bits per heavy atom. The number of methoxy groups -OCH3 is 1. The van der Waals surface area contributed by atoms with Crippen LogP contribution in [-0.2, 0) is 16.0 Å². The molecule has 0 spiro atoms. The second-order valence-electron chi connectivity index (χ2n) is 5.94. The fourth-order valence-corrected chi connectivity index (χ4v) is 3.51. The third-order valence-corrected chi connectivity index (χ3v) is 4.66. The Morgan fingerprint density at radius 1 is 1.43 bits per heavy atom. The van der Waals surface area contributed by atoms with Crippen molar-refractivity contribution in [2.24, 2.45) is 5.92 Å². The molecule has 2 fully saturated rings. The van der Waals surface area contributed by atoms with E-state index in [9.17, 15) is 4.79 Å². The SMILES string of the molecule is COCCN1CC[C@@H]2CN(C(=O)Cc3ccccn3)C[C@@H]21. The maximum atomic E-state index is 12.4. The van der Waals surface area contributed by atoms with Crippen molar-refractivity contribution in [1.29, 1.82) is 0 Å². The lowest BCUT2D eigenvalue weighted by atomic mass is 10.1. The quantitative estimate of drug-likeness (QED) is 0.804. The Balaban J connectivity index is 1.56. The van der Waals surface area contributed by atoms with Crippen LogP contribution in [0.2, 0.25) is 0 Å². The molecule has 2 aliphatic heterocycles. The Bertz CT molecular complexity index is 480. The van der Waals surface area contributed by atoms with Gasteiger partial charge in [0.15, 0.2) is 0 Å². The fourth-order valence-electron chi connectivity index (χ4n) is 3.51. The minimum absolute atomic E-state index is 0.204. The second-order valence-corrected chi connectivity index (χ2v) is 5.94. The Morgan fingerprint density at radius 3 is 3.10 bits per heavy atom. The maximum Gasteiger partial charge on any atom is 0.228 e. The molecule has 0 N–H and O–H groups in total. The van der Waals surface area contributed by atoms with Crippen LogP contribution in [0.3, 0.4) is 0 Å². The van der Waals surface area contributed by atoms with Crippen molar-refractivity contribution < 1.29 is 9.53 Å². The number of rotatable bonds is 5. The monoisotopic (exact) mass is 289 g/mol. The first-order valence-electron chi connectivity index (χ1n) is 7.68. The van der Waals surface area contributed by atoms with Crippen molar-refractivity contribution in [3.8, 4) is 0 Å². The number of hydrogen-bond donors (Lipinski definition) is 0. The molecular formula is C16H23N3O2. The Kier molecular flexibility index (Phi) is 4.51. The Labute approximate surface area is 125 Å². The van der Waals surface area contributed by atoms with Gasteiger partial charge in [-0.3, -0.25) is 14.7 Å². The van der Waals surface area contributed by atoms with Gasteiger partial charge in [-0.05, 0) is 31.0 Å². The minimum atomic E-state index is 0.204. The van der Waals surface area contributed by atoms with Gasteiger partial charge in [0, 0.05) is 44.7 Å². The van der Waals surface area contributed by atoms with Crippen LogP contribution < -0.4 is 0 Å². The van der Waals surface area contributed by atoms with Gasteiger partial charge in [-0.1, -0.05) is 6.07 Å². The lowest BCUT2D eigenvalue weighted by molar-refractivity contribution is -0.129. The average Bonchev–Trinajstić information content (AvgIpc) is 3.07. The van der Waals surface area contributed by atoms with Crippen molar-refractivity contribution in [3.63, 3.8) is 0 Å². The van der Waals surface area contributed by atoms with E-state index in [1.807, 2.05) is 23.1 Å². The molecule has 5 nitrogen and oxygen atoms in total. The molecule has 0 bridgehead atoms. The first kappa shape index (κ1) is 14.5. The molecule has 3 rings (SSSR count). The van der Waals surface area contributed by atoms with Crippen molar-refractivity contribution >= 4 is 5.91 Å². The maximum absolute atomic E-state index is 12.4. The summed E-state index contributed by atoms with van der Waals surface area (Å²) in [4.78, 5) is 21.1. The summed E-state index contributed by atoms with van der Waals surface area (Å²) in [5.41, 5.74) is 0.857. The molecule has 2 aliphatic rings. The van der Waals surface area contributed by atoms with Crippen LogP contribution in [0, 0.1) is 5.92 Å². The third kappa shape index (κ3) is 3.24. The number of carbonyl (C=O) groups is 1. The fraction of sp³-hybridized carbons (Fsp3) is 0.625. The van der Waals surface area contributed by atoms with Gasteiger partial charge in [-0.2, -0.15) is 0 Å². The van der Waals surface area contributed by atoms with Crippen molar-refractivity contribution in [2.45, 2.75) is 18.9 Å². The summed E-state index contributed by atoms with van der Waals surface area (Å²) in [7, 11) is 1.74. The van der Waals surface area contributed by atoms with E-state index in [2.05, 4.69) is 9.88 Å². The van der Waals surface area contributed by atoms with E-state index in [4.69, 9.17) is 4.74 Å². The molecule has 0 unspecified atom stereocenters. The average molecular weight is 289 g/mol. The minimum Gasteiger partial charge on any atom is -0.383 e. The molecule has 5 heteroatoms. The third-order valence-electron chi connectivity index (χ3n) is 4.66. The summed E-state index contributed by atoms with van der Waals surface area (Å²) in [6.07, 6.45) is 3.36. The first-order chi connectivity index (χ1) is 10.3. The molecule has 21 heavy (non-hydrogen) atoms. The van der Waals surface area contributed by atoms with E-state index in [0.29, 0.717) is 18.4 Å². The molecule has 3 heterocycles. The topological polar surface area (TPSA) is 45.7 Å². The molecule has 0 aliphatic carbocycles. The van der Waals surface area contributed by atoms with Gasteiger partial charge in [-0.25, -0.2) is 0 Å². The van der Waals surface area contributed by atoms with Gasteiger partial charge in [0.2, 0.25) is 5.91 Å². The zero-order valence-electron chi connectivity index (χ0n) is 12.6. The van der Waals surface area contributed by atoms with Crippen LogP contribution in [0.5, 0.6) is 0 Å². The number of likely N-dealkylation sites (tertiary alicyclic amines) is 2. The predicted octanol–water partition coefficient (Wildman–Crippen LogP) is 0.803. The lowest BCUT2D eigenvalue weighted by Crippen LogP contribution is -2.39. The van der Waals surface area contributed by atoms with Gasteiger partial charge < -0.3 is 9.64 Å². The van der Waals surface area contributed by atoms with Gasteiger partial charge >= 0.3 is 0 Å². The standard InChI is InChI=1S/C16H23N3O2/c1-21-9-8-18-7-5-13-11-19(12-15(13)18)16(20)10-14-4-2-3-6-17-14/h2-4,6,13,15H,5,7-12H2,1H3/t13-,15+/m1/s1. The van der Waals surface area contributed by atoms with Crippen molar-refractivity contribution in [3.05, 3.63) is 30.1 Å². The van der Waals surface area contributed by atoms with Crippen LogP contribution in [0.15, 0.2) is 24.4 Å². The normalized spacial score (nSPS) is 25.3. The molecule has 2 saturated heterocycles. The molecule has 1 aromatic heterocycles. The van der Waals surface area contributed by atoms with E-state index < -0.39 is 0 Å². The van der Waals surface area contributed by atoms with Crippen molar-refractivity contribution in [2.75, 3.05) is 39.9 Å². The van der Waals surface area contributed by atoms with Gasteiger partial charge in [-0.15, -0.1) is 0 Å². The summed E-state index contributed by atoms with van der Waals surface area (Å²) in [5, 5.41) is 0. The number of fused-ring (bicyclic) bond motifs is 1. The number of ether oxygens (including phenoxy) is 1. The number of pyridine rings is 1. The zero-order chi connectivity index (χ0) is 14.7. The summed E-state index contributed by atoms with van der Waals surface area (Å²) >= 11 is 0. The Hall–Kier alpha value is -1.46. The van der Waals surface area contributed by atoms with Crippen LogP contribution in [0.1, 0.15) is 12.1 Å². The van der Waals surface area contributed by atoms with Crippen LogP contribution in [0.25, 0.3) is 0 Å². The molecule has 0 aromatic carbocycles. The van der Waals surface area contributed by atoms with Crippen molar-refractivity contribution in [1.82, 2.24) is 14.8 Å². The number of hydrogen-bond acceptors (Lipinski definition) is 4. The summed E-state index contributed by atoms with van der Waals surface area (Å²) in [5.74, 6) is 0.837. The van der Waals surface area contributed by atoms with E-state index in [1.54, 1.807) is 13.3 Å². The van der Waals surface area contributed by atoms with Crippen LogP contribution in [-0.4, -0.2) is 66.6 Å². The highest BCUT2D eigenvalue weighted by Crippen LogP contribution is 2.31. The smallest absolute Gasteiger partial charge is 0.228 e. The van der Waals surface area contributed by atoms with Crippen LogP contribution in [0.4, 0.5) is 0 Å². The highest BCUT2D eigenvalue weighted by molar-refractivity contribution is 5.78. The highest BCUT2D eigenvalue weighted by atomic mass is 16.5. The van der Waals surface area contributed by atoms with E-state index in [1.165, 1.54) is 6.42 Å². The molecule has 1 amide bonds. The van der Waals surface area contributed by atoms with Gasteiger partial charge in [0.05, 0.1) is 13.0 Å². The predicted molar refractivity (Wildman–Crippen MR) is 79.9 cm³/mol. The van der Waals surface area contributed by atoms with Gasteiger partial charge in [0.25, 0.3) is 0 Å². The van der Waals surface area contributed by atoms with E-state index >= 15 is 0 Å². The molecule has 1 aromatic rings. The molecular weight excluding hydrogens is 266 g/mol. The number of amides is 1. The highest BCUT2D eigenvalue weighted by Gasteiger charge is 2.42. The molecule has 114 valence electrons. The lowest BCUT2D eigenvalue weighted by Gasteiger charge is -2.24. The summed E-state index contributed by atoms with van der Waals surface area (Å²) in [6.45, 7) is 4.64. The van der Waals surface area contributed by atoms with E-state index in [0.717, 1.165) is 38.5 Å². The van der Waals surface area contributed by atoms with Crippen LogP contribution >= 0.6 is 0 Å². The number of nitrogens with zero attached hydrogens (tertiary/aromatic N) is 3.